The van der Waals surface area contributed by atoms with Gasteiger partial charge in [-0.3, -0.25) is 14.4 Å². The molecule has 0 aliphatic carbocycles. The molecule has 2 aromatic carbocycles. The smallest absolute Gasteiger partial charge is 0.247 e. The van der Waals surface area contributed by atoms with Crippen molar-refractivity contribution >= 4 is 66.8 Å². The summed E-state index contributed by atoms with van der Waals surface area (Å²) in [6.07, 6.45) is 0.0237. The first-order chi connectivity index (χ1) is 13.6. The highest BCUT2D eigenvalue weighted by molar-refractivity contribution is 9.10. The Morgan fingerprint density at radius 2 is 1.76 bits per heavy atom. The molecular weight excluding hydrogens is 482 g/mol. The summed E-state index contributed by atoms with van der Waals surface area (Å²) in [6, 6.07) is 12.2. The van der Waals surface area contributed by atoms with E-state index < -0.39 is 15.3 Å². The average Bonchev–Trinajstić information content (AvgIpc) is 2.94. The number of primary sulfonamides is 1. The number of imide groups is 1. The van der Waals surface area contributed by atoms with Crippen molar-refractivity contribution in [3.63, 3.8) is 0 Å². The van der Waals surface area contributed by atoms with Crippen LogP contribution in [0.5, 0.6) is 0 Å². The highest BCUT2D eigenvalue weighted by Gasteiger charge is 2.40. The lowest BCUT2D eigenvalue weighted by molar-refractivity contribution is -0.121. The van der Waals surface area contributed by atoms with Crippen molar-refractivity contribution in [3.8, 4) is 0 Å². The van der Waals surface area contributed by atoms with Gasteiger partial charge in [0.2, 0.25) is 27.7 Å². The lowest BCUT2D eigenvalue weighted by atomic mass is 10.3. The number of amides is 3. The third-order valence-electron chi connectivity index (χ3n) is 4.07. The first-order valence-electron chi connectivity index (χ1n) is 8.32. The first kappa shape index (κ1) is 21.5. The molecule has 29 heavy (non-hydrogen) atoms. The zero-order chi connectivity index (χ0) is 21.2. The quantitative estimate of drug-likeness (QED) is 0.588. The number of nitrogens with two attached hydrogens (primary N) is 1. The Labute approximate surface area is 180 Å². The van der Waals surface area contributed by atoms with E-state index in [1.54, 1.807) is 24.3 Å². The molecule has 3 amide bonds. The van der Waals surface area contributed by atoms with Gasteiger partial charge in [-0.25, -0.2) is 18.5 Å². The van der Waals surface area contributed by atoms with Gasteiger partial charge in [0.15, 0.2) is 0 Å². The number of nitrogens with one attached hydrogen (secondary N) is 1. The summed E-state index contributed by atoms with van der Waals surface area (Å²) < 4.78 is 23.3. The van der Waals surface area contributed by atoms with Gasteiger partial charge in [-0.1, -0.05) is 15.9 Å². The van der Waals surface area contributed by atoms with Crippen LogP contribution in [0.25, 0.3) is 0 Å². The molecule has 1 heterocycles. The largest absolute Gasteiger partial charge is 0.325 e. The van der Waals surface area contributed by atoms with E-state index in [2.05, 4.69) is 21.2 Å². The molecule has 0 unspecified atom stereocenters. The second kappa shape index (κ2) is 8.66. The van der Waals surface area contributed by atoms with Gasteiger partial charge in [0.1, 0.15) is 0 Å². The predicted molar refractivity (Wildman–Crippen MR) is 114 cm³/mol. The number of benzene rings is 2. The van der Waals surface area contributed by atoms with E-state index >= 15 is 0 Å². The van der Waals surface area contributed by atoms with E-state index in [4.69, 9.17) is 5.14 Å². The van der Waals surface area contributed by atoms with E-state index in [1.165, 1.54) is 24.3 Å². The summed E-state index contributed by atoms with van der Waals surface area (Å²) in [6.45, 7) is 0. The standard InChI is InChI=1S/C18H16BrN3O5S2/c19-11-1-5-13(6-2-11)22-17(24)9-15(18(22)25)28-10-16(23)21-12-3-7-14(8-4-12)29(20,26)27/h1-8,15H,9-10H2,(H,21,23)(H2,20,26,27)/t15-/m0/s1. The maximum Gasteiger partial charge on any atom is 0.247 e. The number of halogens is 1. The summed E-state index contributed by atoms with van der Waals surface area (Å²) in [5.74, 6) is -1.07. The molecule has 0 radical (unpaired) electrons. The molecule has 1 aliphatic heterocycles. The van der Waals surface area contributed by atoms with Gasteiger partial charge in [0.25, 0.3) is 0 Å². The SMILES string of the molecule is NS(=O)(=O)c1ccc(NC(=O)CS[C@H]2CC(=O)N(c3ccc(Br)cc3)C2=O)cc1. The zero-order valence-corrected chi connectivity index (χ0v) is 18.1. The third kappa shape index (κ3) is 5.24. The molecule has 2 aromatic rings. The van der Waals surface area contributed by atoms with E-state index in [0.29, 0.717) is 11.4 Å². The Hall–Kier alpha value is -2.21. The van der Waals surface area contributed by atoms with Crippen LogP contribution >= 0.6 is 27.7 Å². The second-order valence-electron chi connectivity index (χ2n) is 6.17. The van der Waals surface area contributed by atoms with Gasteiger partial charge in [-0.2, -0.15) is 0 Å². The van der Waals surface area contributed by atoms with Gasteiger partial charge < -0.3 is 5.32 Å². The molecule has 152 valence electrons. The summed E-state index contributed by atoms with van der Waals surface area (Å²) in [5, 5.41) is 7.00. The van der Waals surface area contributed by atoms with Crippen molar-refractivity contribution in [2.24, 2.45) is 5.14 Å². The molecular formula is C18H16BrN3O5S2. The van der Waals surface area contributed by atoms with E-state index in [1.807, 2.05) is 0 Å². The number of carbonyl (C=O) groups is 3. The number of hydrogen-bond donors (Lipinski definition) is 2. The Morgan fingerprint density at radius 1 is 1.14 bits per heavy atom. The van der Waals surface area contributed by atoms with Crippen LogP contribution in [-0.2, 0) is 24.4 Å². The van der Waals surface area contributed by atoms with Crippen molar-refractivity contribution in [3.05, 3.63) is 53.0 Å². The molecule has 0 spiro atoms. The number of thioether (sulfide) groups is 1. The molecule has 0 bridgehead atoms. The fourth-order valence-electron chi connectivity index (χ4n) is 2.70. The summed E-state index contributed by atoms with van der Waals surface area (Å²) >= 11 is 4.39. The summed E-state index contributed by atoms with van der Waals surface area (Å²) in [5.41, 5.74) is 0.888. The monoisotopic (exact) mass is 497 g/mol. The van der Waals surface area contributed by atoms with Gasteiger partial charge in [-0.15, -0.1) is 11.8 Å². The van der Waals surface area contributed by atoms with E-state index in [9.17, 15) is 22.8 Å². The fraction of sp³-hybridized carbons (Fsp3) is 0.167. The topological polar surface area (TPSA) is 127 Å². The average molecular weight is 498 g/mol. The van der Waals surface area contributed by atoms with E-state index in [0.717, 1.165) is 21.1 Å². The van der Waals surface area contributed by atoms with Crippen molar-refractivity contribution in [2.75, 3.05) is 16.0 Å². The molecule has 8 nitrogen and oxygen atoms in total. The Balaban J connectivity index is 1.57. The molecule has 1 atom stereocenters. The van der Waals surface area contributed by atoms with Gasteiger partial charge in [-0.05, 0) is 48.5 Å². The fourth-order valence-corrected chi connectivity index (χ4v) is 4.41. The minimum absolute atomic E-state index is 0.0237. The van der Waals surface area contributed by atoms with Crippen LogP contribution in [0.1, 0.15) is 6.42 Å². The lowest BCUT2D eigenvalue weighted by Gasteiger charge is -2.15. The van der Waals surface area contributed by atoms with Gasteiger partial charge in [0, 0.05) is 16.6 Å². The Kier molecular flexibility index (Phi) is 6.42. The van der Waals surface area contributed by atoms with Crippen molar-refractivity contribution < 1.29 is 22.8 Å². The molecule has 1 aliphatic rings. The number of anilines is 2. The van der Waals surface area contributed by atoms with Crippen LogP contribution in [-0.4, -0.2) is 37.1 Å². The Bertz CT molecular complexity index is 1060. The van der Waals surface area contributed by atoms with Gasteiger partial charge >= 0.3 is 0 Å². The van der Waals surface area contributed by atoms with Crippen LogP contribution in [0, 0.1) is 0 Å². The van der Waals surface area contributed by atoms with E-state index in [-0.39, 0.29) is 34.8 Å². The highest BCUT2D eigenvalue weighted by atomic mass is 79.9. The highest BCUT2D eigenvalue weighted by Crippen LogP contribution is 2.30. The molecule has 3 N–H and O–H groups in total. The van der Waals surface area contributed by atoms with Crippen LogP contribution in [0.2, 0.25) is 0 Å². The molecule has 0 aromatic heterocycles. The zero-order valence-electron chi connectivity index (χ0n) is 14.9. The normalized spacial score (nSPS) is 16.9. The number of carbonyl (C=O) groups excluding carboxylic acids is 3. The lowest BCUT2D eigenvalue weighted by Crippen LogP contribution is -2.31. The number of sulfonamides is 1. The first-order valence-corrected chi connectivity index (χ1v) is 11.7. The van der Waals surface area contributed by atoms with Crippen molar-refractivity contribution in [1.29, 1.82) is 0 Å². The third-order valence-corrected chi connectivity index (χ3v) is 6.73. The maximum atomic E-state index is 12.6. The maximum absolute atomic E-state index is 12.6. The molecule has 1 saturated heterocycles. The minimum Gasteiger partial charge on any atom is -0.325 e. The number of hydrogen-bond acceptors (Lipinski definition) is 6. The van der Waals surface area contributed by atoms with Crippen LogP contribution in [0.4, 0.5) is 11.4 Å². The van der Waals surface area contributed by atoms with Crippen LogP contribution in [0.3, 0.4) is 0 Å². The van der Waals surface area contributed by atoms with Crippen molar-refractivity contribution in [2.45, 2.75) is 16.6 Å². The molecule has 3 rings (SSSR count). The minimum atomic E-state index is -3.80. The number of rotatable bonds is 6. The molecule has 11 heteroatoms. The molecule has 1 fully saturated rings. The van der Waals surface area contributed by atoms with Crippen LogP contribution in [0.15, 0.2) is 57.9 Å². The van der Waals surface area contributed by atoms with Gasteiger partial charge in [0.05, 0.1) is 21.6 Å². The predicted octanol–water partition coefficient (Wildman–Crippen LogP) is 2.10. The molecule has 0 saturated carbocycles. The Morgan fingerprint density at radius 3 is 2.34 bits per heavy atom. The second-order valence-corrected chi connectivity index (χ2v) is 9.83. The van der Waals surface area contributed by atoms with Crippen molar-refractivity contribution in [1.82, 2.24) is 0 Å². The summed E-state index contributed by atoms with van der Waals surface area (Å²) in [7, 11) is -3.80. The number of nitrogens with zero attached hydrogens (tertiary/aromatic N) is 1. The van der Waals surface area contributed by atoms with Crippen LogP contribution < -0.4 is 15.4 Å². The summed E-state index contributed by atoms with van der Waals surface area (Å²) in [4.78, 5) is 38.0.